The van der Waals surface area contributed by atoms with Gasteiger partial charge in [0.05, 0.1) is 19.4 Å². The Balaban J connectivity index is 1.46. The van der Waals surface area contributed by atoms with Crippen molar-refractivity contribution < 1.29 is 13.6 Å². The molecule has 5 nitrogen and oxygen atoms in total. The predicted molar refractivity (Wildman–Crippen MR) is 98.3 cm³/mol. The number of hydrogen-bond donors (Lipinski definition) is 0. The number of carbonyl (C=O) groups excluding carboxylic acids is 1. The van der Waals surface area contributed by atoms with Crippen molar-refractivity contribution in [2.24, 2.45) is 0 Å². The first-order valence-electron chi connectivity index (χ1n) is 8.67. The Morgan fingerprint density at radius 2 is 2.00 bits per heavy atom. The molecule has 2 heterocycles. The number of piperazine rings is 1. The van der Waals surface area contributed by atoms with Gasteiger partial charge in [0, 0.05) is 43.3 Å². The third-order valence-electron chi connectivity index (χ3n) is 4.58. The van der Waals surface area contributed by atoms with Gasteiger partial charge in [0.25, 0.3) is 0 Å². The minimum absolute atomic E-state index is 0.0997. The van der Waals surface area contributed by atoms with Crippen LogP contribution in [0, 0.1) is 5.82 Å². The lowest BCUT2D eigenvalue weighted by atomic mass is 10.2. The highest BCUT2D eigenvalue weighted by Gasteiger charge is 2.23. The second kappa shape index (κ2) is 8.66. The molecule has 0 N–H and O–H groups in total. The summed E-state index contributed by atoms with van der Waals surface area (Å²) in [6.45, 7) is 4.10. The van der Waals surface area contributed by atoms with E-state index in [1.165, 1.54) is 6.07 Å². The van der Waals surface area contributed by atoms with Crippen LogP contribution in [0.1, 0.15) is 11.3 Å². The van der Waals surface area contributed by atoms with Gasteiger partial charge >= 0.3 is 0 Å². The monoisotopic (exact) mass is 379 g/mol. The van der Waals surface area contributed by atoms with Gasteiger partial charge < -0.3 is 9.32 Å². The minimum Gasteiger partial charge on any atom is -0.468 e. The summed E-state index contributed by atoms with van der Waals surface area (Å²) in [5, 5.41) is 0.447. The molecule has 26 heavy (non-hydrogen) atoms. The molecule has 0 spiro atoms. The van der Waals surface area contributed by atoms with Gasteiger partial charge in [-0.3, -0.25) is 14.6 Å². The summed E-state index contributed by atoms with van der Waals surface area (Å²) in [4.78, 5) is 18.4. The molecule has 1 fully saturated rings. The zero-order valence-electron chi connectivity index (χ0n) is 14.8. The maximum Gasteiger partial charge on any atom is 0.236 e. The molecule has 1 aromatic carbocycles. The van der Waals surface area contributed by atoms with Gasteiger partial charge in [-0.25, -0.2) is 4.39 Å². The van der Waals surface area contributed by atoms with Crippen molar-refractivity contribution in [3.05, 3.63) is 58.8 Å². The Morgan fingerprint density at radius 1 is 1.23 bits per heavy atom. The Labute approximate surface area is 157 Å². The average Bonchev–Trinajstić information content (AvgIpc) is 3.11. The van der Waals surface area contributed by atoms with Gasteiger partial charge in [-0.2, -0.15) is 0 Å². The summed E-state index contributed by atoms with van der Waals surface area (Å²) in [5.74, 6) is 0.657. The van der Waals surface area contributed by atoms with E-state index in [1.807, 2.05) is 29.0 Å². The lowest BCUT2D eigenvalue weighted by Crippen LogP contribution is -2.50. The molecule has 0 bridgehead atoms. The number of halogens is 2. The zero-order valence-corrected chi connectivity index (χ0v) is 15.6. The van der Waals surface area contributed by atoms with E-state index in [2.05, 4.69) is 4.90 Å². The molecule has 1 amide bonds. The van der Waals surface area contributed by atoms with Gasteiger partial charge in [-0.1, -0.05) is 17.7 Å². The average molecular weight is 380 g/mol. The Bertz CT molecular complexity index is 710. The number of rotatable bonds is 6. The largest absolute Gasteiger partial charge is 0.468 e. The van der Waals surface area contributed by atoms with E-state index in [-0.39, 0.29) is 11.7 Å². The molecule has 7 heteroatoms. The zero-order chi connectivity index (χ0) is 18.5. The van der Waals surface area contributed by atoms with Gasteiger partial charge in [-0.05, 0) is 31.3 Å². The molecule has 1 aliphatic heterocycles. The van der Waals surface area contributed by atoms with Gasteiger partial charge in [0.1, 0.15) is 11.6 Å². The van der Waals surface area contributed by atoms with Crippen LogP contribution < -0.4 is 0 Å². The topological polar surface area (TPSA) is 39.9 Å². The fourth-order valence-electron chi connectivity index (χ4n) is 3.12. The van der Waals surface area contributed by atoms with Crippen LogP contribution in [0.15, 0.2) is 41.0 Å². The van der Waals surface area contributed by atoms with Crippen molar-refractivity contribution in [1.82, 2.24) is 14.7 Å². The highest BCUT2D eigenvalue weighted by atomic mass is 35.5. The summed E-state index contributed by atoms with van der Waals surface area (Å²) in [6.07, 6.45) is 1.63. The first-order chi connectivity index (χ1) is 12.5. The summed E-state index contributed by atoms with van der Waals surface area (Å²) in [5.41, 5.74) is 0.520. The number of carbonyl (C=O) groups is 1. The van der Waals surface area contributed by atoms with E-state index >= 15 is 0 Å². The minimum atomic E-state index is -0.282. The van der Waals surface area contributed by atoms with Crippen molar-refractivity contribution in [2.75, 3.05) is 39.8 Å². The summed E-state index contributed by atoms with van der Waals surface area (Å²) >= 11 is 6.10. The Morgan fingerprint density at radius 3 is 2.65 bits per heavy atom. The van der Waals surface area contributed by atoms with Gasteiger partial charge in [0.2, 0.25) is 5.91 Å². The first-order valence-corrected chi connectivity index (χ1v) is 9.04. The first kappa shape index (κ1) is 18.9. The lowest BCUT2D eigenvalue weighted by Gasteiger charge is -2.35. The molecule has 0 radical (unpaired) electrons. The van der Waals surface area contributed by atoms with Crippen LogP contribution >= 0.6 is 11.6 Å². The number of hydrogen-bond acceptors (Lipinski definition) is 4. The molecule has 1 aliphatic rings. The van der Waals surface area contributed by atoms with Crippen molar-refractivity contribution in [1.29, 1.82) is 0 Å². The van der Waals surface area contributed by atoms with Crippen LogP contribution in [0.4, 0.5) is 4.39 Å². The SMILES string of the molecule is CN(CC(=O)N1CCN(Cc2c(F)cccc2Cl)CC1)Cc1ccco1. The van der Waals surface area contributed by atoms with Crippen LogP contribution in [-0.2, 0) is 17.9 Å². The van der Waals surface area contributed by atoms with Crippen LogP contribution in [0.25, 0.3) is 0 Å². The summed E-state index contributed by atoms with van der Waals surface area (Å²) in [7, 11) is 1.90. The second-order valence-electron chi connectivity index (χ2n) is 6.61. The van der Waals surface area contributed by atoms with Crippen molar-refractivity contribution >= 4 is 17.5 Å². The third kappa shape index (κ3) is 4.84. The van der Waals surface area contributed by atoms with Gasteiger partial charge in [-0.15, -0.1) is 0 Å². The van der Waals surface area contributed by atoms with E-state index in [1.54, 1.807) is 18.4 Å². The highest BCUT2D eigenvalue weighted by Crippen LogP contribution is 2.21. The molecule has 3 rings (SSSR count). The van der Waals surface area contributed by atoms with E-state index < -0.39 is 0 Å². The lowest BCUT2D eigenvalue weighted by molar-refractivity contribution is -0.134. The fraction of sp³-hybridized carbons (Fsp3) is 0.421. The molecule has 0 atom stereocenters. The Hall–Kier alpha value is -1.89. The summed E-state index contributed by atoms with van der Waals surface area (Å²) < 4.78 is 19.2. The second-order valence-corrected chi connectivity index (χ2v) is 7.02. The van der Waals surface area contributed by atoms with Crippen LogP contribution in [-0.4, -0.2) is 60.4 Å². The molecule has 1 aromatic heterocycles. The molecular weight excluding hydrogens is 357 g/mol. The molecule has 0 unspecified atom stereocenters. The smallest absolute Gasteiger partial charge is 0.236 e. The number of likely N-dealkylation sites (N-methyl/N-ethyl adjacent to an activating group) is 1. The normalized spacial score (nSPS) is 15.6. The molecule has 0 saturated carbocycles. The quantitative estimate of drug-likeness (QED) is 0.773. The van der Waals surface area contributed by atoms with E-state index in [4.69, 9.17) is 16.0 Å². The molecule has 2 aromatic rings. The Kier molecular flexibility index (Phi) is 6.29. The number of amides is 1. The van der Waals surface area contributed by atoms with Crippen molar-refractivity contribution in [3.8, 4) is 0 Å². The van der Waals surface area contributed by atoms with Crippen molar-refractivity contribution in [2.45, 2.75) is 13.1 Å². The van der Waals surface area contributed by atoms with Crippen LogP contribution in [0.3, 0.4) is 0 Å². The summed E-state index contributed by atoms with van der Waals surface area (Å²) in [6, 6.07) is 8.47. The third-order valence-corrected chi connectivity index (χ3v) is 4.93. The molecule has 140 valence electrons. The van der Waals surface area contributed by atoms with Crippen LogP contribution in [0.2, 0.25) is 5.02 Å². The van der Waals surface area contributed by atoms with Gasteiger partial charge in [0.15, 0.2) is 0 Å². The standard InChI is InChI=1S/C19H23ClFN3O2/c1-22(12-15-4-3-11-26-15)14-19(25)24-9-7-23(8-10-24)13-16-17(20)5-2-6-18(16)21/h2-6,11H,7-10,12-14H2,1H3. The number of furan rings is 1. The van der Waals surface area contributed by atoms with E-state index in [0.29, 0.717) is 56.4 Å². The maximum absolute atomic E-state index is 13.9. The molecule has 1 saturated heterocycles. The van der Waals surface area contributed by atoms with Crippen molar-refractivity contribution in [3.63, 3.8) is 0 Å². The molecule has 0 aliphatic carbocycles. The van der Waals surface area contributed by atoms with E-state index in [9.17, 15) is 9.18 Å². The molecular formula is C19H23ClFN3O2. The number of benzene rings is 1. The highest BCUT2D eigenvalue weighted by molar-refractivity contribution is 6.31. The number of nitrogens with zero attached hydrogens (tertiary/aromatic N) is 3. The predicted octanol–water partition coefficient (Wildman–Crippen LogP) is 2.85. The van der Waals surface area contributed by atoms with Crippen LogP contribution in [0.5, 0.6) is 0 Å². The fourth-order valence-corrected chi connectivity index (χ4v) is 3.34. The maximum atomic E-state index is 13.9. The van der Waals surface area contributed by atoms with E-state index in [0.717, 1.165) is 5.76 Å².